The van der Waals surface area contributed by atoms with E-state index in [4.69, 9.17) is 40.1 Å². The monoisotopic (exact) mass is 2020 g/mol. The number of nitrogens with two attached hydrogens (primary N) is 1. The number of rotatable bonds is 30. The van der Waals surface area contributed by atoms with Crippen LogP contribution in [0.4, 0.5) is 0 Å². The molecule has 2 saturated heterocycles. The normalized spacial score (nSPS) is 14.3. The number of hydrogen-bond acceptors (Lipinski definition) is 22. The van der Waals surface area contributed by atoms with Crippen molar-refractivity contribution in [3.63, 3.8) is 0 Å². The van der Waals surface area contributed by atoms with Gasteiger partial charge in [0.15, 0.2) is 34.0 Å². The molecule has 0 saturated carbocycles. The number of benzene rings is 11. The van der Waals surface area contributed by atoms with Gasteiger partial charge in [-0.1, -0.05) is 110 Å². The van der Waals surface area contributed by atoms with Gasteiger partial charge >= 0.3 is 29.3 Å². The maximum atomic E-state index is 14.0. The lowest BCUT2D eigenvalue weighted by molar-refractivity contribution is -0.00232. The van der Waals surface area contributed by atoms with Crippen LogP contribution in [0.3, 0.4) is 0 Å². The largest absolute Gasteiger partial charge is 0.508 e. The number of hydrogen-bond donors (Lipinski definition) is 9. The molecule has 754 valence electrons. The number of Topliss-reactive ketones (excluding diaryl/α,β-unsaturated/α-hetero) is 4. The number of carboxylic acids is 3. The Kier molecular flexibility index (Phi) is 30.6. The third-order valence-corrected chi connectivity index (χ3v) is 27.5. The Morgan fingerprint density at radius 2 is 0.913 bits per heavy atom. The van der Waals surface area contributed by atoms with Crippen LogP contribution in [0.2, 0.25) is 5.02 Å². The molecule has 3 aliphatic carbocycles. The van der Waals surface area contributed by atoms with Crippen LogP contribution in [0.5, 0.6) is 11.5 Å². The Balaban J connectivity index is 0.000000222. The van der Waals surface area contributed by atoms with E-state index in [1.165, 1.54) is 119 Å². The highest BCUT2D eigenvalue weighted by atomic mass is 35.5. The van der Waals surface area contributed by atoms with Crippen molar-refractivity contribution < 1.29 is 86.6 Å². The number of aromatic amines is 2. The van der Waals surface area contributed by atoms with Gasteiger partial charge in [0.2, 0.25) is 5.36 Å². The first kappa shape index (κ1) is 103. The highest BCUT2D eigenvalue weighted by Gasteiger charge is 2.35. The minimum Gasteiger partial charge on any atom is -0.508 e. The van der Waals surface area contributed by atoms with E-state index in [2.05, 4.69) is 39.0 Å². The molecule has 4 atom stereocenters. The SMILES string of the molecule is CC[C@@H]1CC[C@H](n2cc(CC#CCCC(=O)c3ccc(C(=O)O)c(-c4c5ccc(=O)cc-5oc5c(CCC(=O)c6ccc(CN)cc6)c(O)ccc45)c3)c(=O)[nH]c2=O)O1.CC[C@@H]1CC[C@H](n2cc(CC#CCCC(=O)c3ccc(C(=O)O)c(-c4c5ccc(=O)cc-5oc5c(CCC(=O)c6ccc(CNC(=O)c7cc(Cl)c(-c8c9ccc(=[N+](C)C)cc-9oc9cc(C)ccc89)c(C(=O)O)c7C)cc6)c(O)ccc45)c3)c(=O)[nH]c2=O)O1. The van der Waals surface area contributed by atoms with Crippen molar-refractivity contribution in [2.45, 2.75) is 168 Å². The van der Waals surface area contributed by atoms with E-state index >= 15 is 0 Å². The predicted molar refractivity (Wildman–Crippen MR) is 560 cm³/mol. The van der Waals surface area contributed by atoms with Crippen LogP contribution in [0.15, 0.2) is 242 Å². The summed E-state index contributed by atoms with van der Waals surface area (Å²) in [4.78, 5) is 188. The second-order valence-electron chi connectivity index (χ2n) is 37.0. The average molecular weight is 2020 g/mol. The lowest BCUT2D eigenvalue weighted by Crippen LogP contribution is -2.34. The number of phenolic OH excluding ortho intramolecular Hbond substituents is 2. The number of phenols is 2. The fourth-order valence-corrected chi connectivity index (χ4v) is 19.5. The molecular weight excluding hydrogens is 1920 g/mol. The van der Waals surface area contributed by atoms with Crippen LogP contribution in [-0.2, 0) is 48.2 Å². The van der Waals surface area contributed by atoms with E-state index in [0.717, 1.165) is 42.2 Å². The molecule has 0 unspecified atom stereocenters. The summed E-state index contributed by atoms with van der Waals surface area (Å²) in [6.45, 7) is 7.84. The highest BCUT2D eigenvalue weighted by Crippen LogP contribution is 2.50. The number of fused-ring (bicyclic) bond motifs is 6. The number of nitrogens with zero attached hydrogens (tertiary/aromatic N) is 3. The number of carboxylic acid groups (broad SMARTS) is 3. The summed E-state index contributed by atoms with van der Waals surface area (Å²) < 4.78 is 35.6. The summed E-state index contributed by atoms with van der Waals surface area (Å²) in [6.07, 6.45) is 6.61. The molecule has 149 heavy (non-hydrogen) atoms. The quantitative estimate of drug-likeness (QED) is 0.00873. The van der Waals surface area contributed by atoms with Gasteiger partial charge in [0.1, 0.15) is 72.1 Å². The minimum atomic E-state index is -1.31. The molecule has 5 aliphatic heterocycles. The number of H-pyrrole nitrogens is 2. The number of halogens is 1. The number of carbonyl (C=O) groups excluding carboxylic acids is 5. The number of aromatic hydroxyl groups is 2. The number of ether oxygens (including phenoxy) is 2. The van der Waals surface area contributed by atoms with Gasteiger partial charge in [0.25, 0.3) is 17.0 Å². The molecular formula is C117H101ClN7O24+. The van der Waals surface area contributed by atoms with Crippen LogP contribution >= 0.6 is 11.6 Å². The summed E-state index contributed by atoms with van der Waals surface area (Å²) in [5.41, 5.74) is 11.0. The molecule has 1 amide bonds. The number of aromatic nitrogens is 4. The second-order valence-corrected chi connectivity index (χ2v) is 37.4. The first-order valence-electron chi connectivity index (χ1n) is 48.6. The summed E-state index contributed by atoms with van der Waals surface area (Å²) in [5.74, 6) is 6.39. The maximum Gasteiger partial charge on any atom is 0.336 e. The summed E-state index contributed by atoms with van der Waals surface area (Å²) in [6, 6.07) is 48.7. The molecule has 2 fully saturated rings. The van der Waals surface area contributed by atoms with Crippen molar-refractivity contribution in [3.05, 3.63) is 362 Å². The van der Waals surface area contributed by atoms with E-state index < -0.39 is 64.2 Å². The lowest BCUT2D eigenvalue weighted by atomic mass is 9.87. The van der Waals surface area contributed by atoms with Gasteiger partial charge in [-0.25, -0.2) is 28.5 Å². The van der Waals surface area contributed by atoms with Crippen molar-refractivity contribution in [2.24, 2.45) is 5.73 Å². The van der Waals surface area contributed by atoms with E-state index in [9.17, 15) is 92.7 Å². The number of amides is 1. The van der Waals surface area contributed by atoms with Crippen LogP contribution in [0.1, 0.15) is 231 Å². The van der Waals surface area contributed by atoms with E-state index in [-0.39, 0.29) is 223 Å². The second kappa shape index (κ2) is 44.3. The zero-order valence-electron chi connectivity index (χ0n) is 81.9. The predicted octanol–water partition coefficient (Wildman–Crippen LogP) is 17.8. The third kappa shape index (κ3) is 22.0. The fourth-order valence-electron chi connectivity index (χ4n) is 19.2. The summed E-state index contributed by atoms with van der Waals surface area (Å²) in [5, 5.41) is 59.3. The van der Waals surface area contributed by atoms with Crippen LogP contribution < -0.4 is 54.3 Å². The standard InChI is InChI=1S/C71H59ClN4O14.C46H41N3O10/c1-6-45-20-29-61(88-45)76-36-42(67(81)74-71(76)87)10-8-7-9-11-55(78)41-17-22-46(69(83)84)53(31-41)63-48-24-19-44(77)33-60(48)90-66-47(57(80)28-26-51(63)66)25-27-56(79)40-15-13-39(14-16-40)35-73-68(82)52-34-54(72)65(62(38(52)3)70(85)86)64-49-21-12-37(2)30-58(49)89-59-32-43(75(4)5)18-23-50(59)64;1-2-31-14-21-41(58-31)49-25-29(44(54)48-46(49)57)6-4-3-5-7-37(51)28-12-15-32(45(55)56)36(22-28)42-34-16-13-30(50)23-40(34)59-43-33(39(53)20-18-35(42)43)17-19-38(52)27-10-8-26(24-47)9-11-27/h12-19,21-24,26,28,30-34,36,45,61H,6,9-11,20,25,27,29,35H2,1-5H3,(H4-,73,74,77,80,81,82,83,84,85,86,87);8-13,15-16,18,20,22-23,25,31,41,53H,2,5-7,14,17,19,21,24,47H2,1H3,(H,55,56)(H,48,54,57)/p+1/t45-,61-;31-,41-/m11/s1. The first-order valence-corrected chi connectivity index (χ1v) is 48.9. The van der Waals surface area contributed by atoms with Gasteiger partial charge in [-0.05, 0) is 190 Å². The number of ketones is 4. The number of carbonyl (C=O) groups is 8. The minimum absolute atomic E-state index is 0.00220. The molecule has 8 aromatic carbocycles. The van der Waals surface area contributed by atoms with Gasteiger partial charge in [0.05, 0.1) is 40.0 Å². The summed E-state index contributed by atoms with van der Waals surface area (Å²) >= 11 is 7.06. The smallest absolute Gasteiger partial charge is 0.336 e. The summed E-state index contributed by atoms with van der Waals surface area (Å²) in [7, 11) is 3.81. The maximum absolute atomic E-state index is 14.0. The lowest BCUT2D eigenvalue weighted by Gasteiger charge is -2.20. The molecule has 10 N–H and O–H groups in total. The van der Waals surface area contributed by atoms with Crippen LogP contribution in [0.25, 0.3) is 100 Å². The topological polar surface area (TPSA) is 481 Å². The van der Waals surface area contributed by atoms with E-state index in [0.29, 0.717) is 103 Å². The number of nitrogens with one attached hydrogen (secondary N) is 3. The highest BCUT2D eigenvalue weighted by molar-refractivity contribution is 6.36. The zero-order valence-corrected chi connectivity index (χ0v) is 82.6. The van der Waals surface area contributed by atoms with Crippen LogP contribution in [-0.4, -0.2) is 118 Å². The Morgan fingerprint density at radius 1 is 0.463 bits per heavy atom. The molecule has 31 nitrogen and oxygen atoms in total. The average Bonchev–Trinajstić information content (AvgIpc) is 1.17. The molecule has 2 aromatic heterocycles. The Hall–Kier alpha value is -17.4. The van der Waals surface area contributed by atoms with E-state index in [1.807, 2.05) is 75.8 Å². The van der Waals surface area contributed by atoms with Gasteiger partial charge in [-0.15, -0.1) is 11.8 Å². The van der Waals surface area contributed by atoms with Gasteiger partial charge in [-0.2, -0.15) is 0 Å². The molecule has 7 heterocycles. The van der Waals surface area contributed by atoms with Crippen molar-refractivity contribution in [1.82, 2.24) is 29.0 Å². The van der Waals surface area contributed by atoms with Crippen molar-refractivity contribution in [3.8, 4) is 103 Å². The van der Waals surface area contributed by atoms with Gasteiger partial charge in [0, 0.05) is 200 Å². The number of aryl methyl sites for hydroxylation is 3. The third-order valence-electron chi connectivity index (χ3n) is 27.2. The van der Waals surface area contributed by atoms with E-state index in [1.54, 1.807) is 61.5 Å². The Morgan fingerprint density at radius 3 is 1.37 bits per heavy atom. The zero-order chi connectivity index (χ0) is 106. The Bertz CT molecular complexity index is 8690. The van der Waals surface area contributed by atoms with Gasteiger partial charge < -0.3 is 59.3 Å². The van der Waals surface area contributed by atoms with Crippen molar-refractivity contribution in [2.75, 3.05) is 14.1 Å². The molecule has 32 heteroatoms. The molecule has 0 bridgehead atoms. The van der Waals surface area contributed by atoms with Crippen LogP contribution in [0, 0.1) is 37.5 Å². The number of aromatic carboxylic acids is 3. The fraction of sp³-hybridized carbons (Fsp3) is 0.239. The Labute approximate surface area is 854 Å². The van der Waals surface area contributed by atoms with Crippen molar-refractivity contribution in [1.29, 1.82) is 0 Å². The van der Waals surface area contributed by atoms with Crippen molar-refractivity contribution >= 4 is 91.5 Å². The van der Waals surface area contributed by atoms with Gasteiger partial charge in [-0.3, -0.25) is 62.3 Å². The molecule has 10 aromatic rings. The molecule has 18 rings (SSSR count). The first-order chi connectivity index (χ1) is 71.6. The molecule has 0 radical (unpaired) electrons. The molecule has 8 aliphatic rings. The molecule has 0 spiro atoms.